The van der Waals surface area contributed by atoms with Gasteiger partial charge in [-0.15, -0.1) is 0 Å². The highest BCUT2D eigenvalue weighted by Crippen LogP contribution is 2.34. The predicted molar refractivity (Wildman–Crippen MR) is 128 cm³/mol. The Kier molecular flexibility index (Phi) is 5.89. The van der Waals surface area contributed by atoms with E-state index in [1.165, 1.54) is 0 Å². The number of phenolic OH excluding ortho intramolecular Hbond substituents is 1. The van der Waals surface area contributed by atoms with Gasteiger partial charge in [0.25, 0.3) is 0 Å². The minimum Gasteiger partial charge on any atom is -0.507 e. The number of carbonyl (C=O) groups excluding carboxylic acids is 1. The number of nitrogens with zero attached hydrogens (tertiary/aromatic N) is 3. The van der Waals surface area contributed by atoms with Crippen molar-refractivity contribution in [2.45, 2.75) is 51.7 Å². The lowest BCUT2D eigenvalue weighted by molar-refractivity contribution is -0.130. The fraction of sp³-hybridized carbons (Fsp3) is 0.423. The number of phenols is 1. The van der Waals surface area contributed by atoms with Gasteiger partial charge in [-0.05, 0) is 68.9 Å². The largest absolute Gasteiger partial charge is 0.507 e. The molecule has 0 aliphatic carbocycles. The third-order valence-electron chi connectivity index (χ3n) is 6.67. The molecular weight excluding hydrogens is 416 g/mol. The van der Waals surface area contributed by atoms with Crippen molar-refractivity contribution < 1.29 is 14.6 Å². The molecule has 3 heterocycles. The van der Waals surface area contributed by atoms with Crippen LogP contribution in [-0.2, 0) is 9.53 Å². The number of anilines is 1. The number of aryl methyl sites for hydroxylation is 2. The van der Waals surface area contributed by atoms with E-state index in [0.29, 0.717) is 18.0 Å². The second-order valence-electron chi connectivity index (χ2n) is 9.13. The zero-order valence-corrected chi connectivity index (χ0v) is 19.2. The summed E-state index contributed by atoms with van der Waals surface area (Å²) < 4.78 is 5.52. The van der Waals surface area contributed by atoms with Crippen molar-refractivity contribution in [2.75, 3.05) is 24.6 Å². The first-order valence-corrected chi connectivity index (χ1v) is 11.7. The summed E-state index contributed by atoms with van der Waals surface area (Å²) in [5, 5.41) is 14.7. The average molecular weight is 447 g/mol. The number of benzene rings is 2. The molecule has 0 unspecified atom stereocenters. The molecule has 7 heteroatoms. The first kappa shape index (κ1) is 21.6. The molecule has 172 valence electrons. The molecule has 2 aromatic carbocycles. The Hall–Kier alpha value is -3.19. The molecule has 7 nitrogen and oxygen atoms in total. The number of hydrogen-bond donors (Lipinski definition) is 2. The monoisotopic (exact) mass is 446 g/mol. The molecule has 33 heavy (non-hydrogen) atoms. The van der Waals surface area contributed by atoms with E-state index in [1.54, 1.807) is 6.07 Å². The fourth-order valence-electron chi connectivity index (χ4n) is 4.83. The van der Waals surface area contributed by atoms with Gasteiger partial charge < -0.3 is 20.1 Å². The van der Waals surface area contributed by atoms with Crippen LogP contribution in [0.3, 0.4) is 0 Å². The number of ether oxygens (including phenoxy) is 1. The number of amides is 1. The van der Waals surface area contributed by atoms with E-state index in [4.69, 9.17) is 14.7 Å². The van der Waals surface area contributed by atoms with Crippen molar-refractivity contribution >= 4 is 22.6 Å². The molecule has 3 aromatic rings. The minimum absolute atomic E-state index is 0.0197. The molecular formula is C26H30N4O3. The lowest BCUT2D eigenvalue weighted by atomic mass is 10.0. The van der Waals surface area contributed by atoms with Crippen LogP contribution < -0.4 is 10.2 Å². The Balaban J connectivity index is 1.42. The molecule has 1 atom stereocenters. The molecule has 1 amide bonds. The van der Waals surface area contributed by atoms with E-state index in [0.717, 1.165) is 66.6 Å². The van der Waals surface area contributed by atoms with Crippen LogP contribution in [-0.4, -0.2) is 52.8 Å². The molecule has 2 fully saturated rings. The number of aromatic hydroxyl groups is 1. The van der Waals surface area contributed by atoms with Crippen molar-refractivity contribution in [3.8, 4) is 17.1 Å². The number of aromatic nitrogens is 2. The Morgan fingerprint density at radius 1 is 1.12 bits per heavy atom. The van der Waals surface area contributed by atoms with Crippen molar-refractivity contribution in [2.24, 2.45) is 0 Å². The van der Waals surface area contributed by atoms with Gasteiger partial charge in [0.1, 0.15) is 17.7 Å². The maximum Gasteiger partial charge on any atom is 0.249 e. The predicted octanol–water partition coefficient (Wildman–Crippen LogP) is 3.88. The van der Waals surface area contributed by atoms with E-state index >= 15 is 0 Å². The fourth-order valence-corrected chi connectivity index (χ4v) is 4.83. The van der Waals surface area contributed by atoms with Gasteiger partial charge in [-0.1, -0.05) is 18.2 Å². The first-order chi connectivity index (χ1) is 16.0. The highest BCUT2D eigenvalue weighted by Gasteiger charge is 2.28. The number of hydrogen-bond acceptors (Lipinski definition) is 6. The second kappa shape index (κ2) is 8.98. The third-order valence-corrected chi connectivity index (χ3v) is 6.67. The summed E-state index contributed by atoms with van der Waals surface area (Å²) in [4.78, 5) is 24.5. The lowest BCUT2D eigenvalue weighted by Crippen LogP contribution is -2.47. The molecule has 0 spiro atoms. The first-order valence-electron chi connectivity index (χ1n) is 11.7. The van der Waals surface area contributed by atoms with Gasteiger partial charge in [0.05, 0.1) is 11.1 Å². The molecule has 0 saturated carbocycles. The molecule has 5 rings (SSSR count). The highest BCUT2D eigenvalue weighted by molar-refractivity contribution is 5.92. The van der Waals surface area contributed by atoms with Crippen LogP contribution in [0.25, 0.3) is 22.3 Å². The van der Waals surface area contributed by atoms with Crippen molar-refractivity contribution in [3.05, 3.63) is 47.5 Å². The Morgan fingerprint density at radius 3 is 2.67 bits per heavy atom. The SMILES string of the molecule is Cc1ccc2c(N3CCC(NC(=O)[C@@H]4CCCO4)CC3)nc(-c3c(C)cccc3O)nc2c1. The summed E-state index contributed by atoms with van der Waals surface area (Å²) >= 11 is 0. The van der Waals surface area contributed by atoms with E-state index in [-0.39, 0.29) is 23.8 Å². The van der Waals surface area contributed by atoms with Crippen LogP contribution in [0.1, 0.15) is 36.8 Å². The Labute approximate surface area is 193 Å². The smallest absolute Gasteiger partial charge is 0.249 e. The summed E-state index contributed by atoms with van der Waals surface area (Å²) in [6.07, 6.45) is 3.17. The van der Waals surface area contributed by atoms with Crippen LogP contribution in [0.2, 0.25) is 0 Å². The van der Waals surface area contributed by atoms with E-state index in [1.807, 2.05) is 26.0 Å². The lowest BCUT2D eigenvalue weighted by Gasteiger charge is -2.34. The van der Waals surface area contributed by atoms with Gasteiger partial charge in [0, 0.05) is 31.1 Å². The zero-order chi connectivity index (χ0) is 22.9. The van der Waals surface area contributed by atoms with E-state index < -0.39 is 0 Å². The summed E-state index contributed by atoms with van der Waals surface area (Å²) in [7, 11) is 0. The summed E-state index contributed by atoms with van der Waals surface area (Å²) in [5.74, 6) is 1.61. The van der Waals surface area contributed by atoms with Gasteiger partial charge in [0.15, 0.2) is 5.82 Å². The maximum absolute atomic E-state index is 12.4. The summed E-state index contributed by atoms with van der Waals surface area (Å²) in [6, 6.07) is 11.8. The standard InChI is InChI=1S/C26H30N4O3/c1-16-8-9-19-20(15-16)28-24(23-17(2)5-3-6-21(23)31)29-25(19)30-12-10-18(11-13-30)27-26(32)22-7-4-14-33-22/h3,5-6,8-9,15,18,22,31H,4,7,10-14H2,1-2H3,(H,27,32)/t22-/m0/s1. The molecule has 2 N–H and O–H groups in total. The van der Waals surface area contributed by atoms with Crippen molar-refractivity contribution in [1.82, 2.24) is 15.3 Å². The minimum atomic E-state index is -0.290. The normalized spacial score (nSPS) is 19.2. The van der Waals surface area contributed by atoms with E-state index in [2.05, 4.69) is 28.4 Å². The van der Waals surface area contributed by atoms with Gasteiger partial charge >= 0.3 is 0 Å². The molecule has 0 bridgehead atoms. The van der Waals surface area contributed by atoms with E-state index in [9.17, 15) is 9.90 Å². The van der Waals surface area contributed by atoms with Gasteiger partial charge in [-0.3, -0.25) is 4.79 Å². The van der Waals surface area contributed by atoms with Gasteiger partial charge in [-0.2, -0.15) is 0 Å². The van der Waals surface area contributed by atoms with Crippen LogP contribution in [0.4, 0.5) is 5.82 Å². The molecule has 2 saturated heterocycles. The van der Waals surface area contributed by atoms with Crippen LogP contribution in [0, 0.1) is 13.8 Å². The number of nitrogens with one attached hydrogen (secondary N) is 1. The highest BCUT2D eigenvalue weighted by atomic mass is 16.5. The average Bonchev–Trinajstić information content (AvgIpc) is 3.34. The molecule has 1 aromatic heterocycles. The number of piperidine rings is 1. The topological polar surface area (TPSA) is 87.6 Å². The molecule has 2 aliphatic heterocycles. The summed E-state index contributed by atoms with van der Waals surface area (Å²) in [6.45, 7) is 6.26. The van der Waals surface area contributed by atoms with Crippen molar-refractivity contribution in [1.29, 1.82) is 0 Å². The van der Waals surface area contributed by atoms with Crippen LogP contribution in [0.15, 0.2) is 36.4 Å². The van der Waals surface area contributed by atoms with Crippen LogP contribution >= 0.6 is 0 Å². The summed E-state index contributed by atoms with van der Waals surface area (Å²) in [5.41, 5.74) is 3.60. The maximum atomic E-state index is 12.4. The third kappa shape index (κ3) is 4.37. The molecule has 2 aliphatic rings. The quantitative estimate of drug-likeness (QED) is 0.632. The van der Waals surface area contributed by atoms with Gasteiger partial charge in [-0.25, -0.2) is 9.97 Å². The van der Waals surface area contributed by atoms with Crippen LogP contribution in [0.5, 0.6) is 5.75 Å². The number of carbonyl (C=O) groups is 1. The Morgan fingerprint density at radius 2 is 1.94 bits per heavy atom. The van der Waals surface area contributed by atoms with Gasteiger partial charge in [0.2, 0.25) is 5.91 Å². The number of fused-ring (bicyclic) bond motifs is 1. The van der Waals surface area contributed by atoms with Crippen molar-refractivity contribution in [3.63, 3.8) is 0 Å². The molecule has 0 radical (unpaired) electrons. The number of rotatable bonds is 4. The Bertz CT molecular complexity index is 1160. The zero-order valence-electron chi connectivity index (χ0n) is 19.2. The second-order valence-corrected chi connectivity index (χ2v) is 9.13.